The highest BCUT2D eigenvalue weighted by Crippen LogP contribution is 2.19. The summed E-state index contributed by atoms with van der Waals surface area (Å²) in [5, 5.41) is 3.38. The molecule has 7 heteroatoms. The van der Waals surface area contributed by atoms with Gasteiger partial charge in [-0.05, 0) is 23.8 Å². The lowest BCUT2D eigenvalue weighted by Crippen LogP contribution is -2.16. The smallest absolute Gasteiger partial charge is 0.250 e. The third-order valence-electron chi connectivity index (χ3n) is 3.62. The fourth-order valence-electron chi connectivity index (χ4n) is 2.26. The largest absolute Gasteiger partial charge is 0.439 e. The molecular formula is C18H19N5O2. The summed E-state index contributed by atoms with van der Waals surface area (Å²) in [4.78, 5) is 22.1. The Hall–Kier alpha value is -3.19. The van der Waals surface area contributed by atoms with Gasteiger partial charge >= 0.3 is 0 Å². The Morgan fingerprint density at radius 3 is 2.64 bits per heavy atom. The van der Waals surface area contributed by atoms with Crippen LogP contribution < -0.4 is 15.8 Å². The zero-order chi connectivity index (χ0) is 17.5. The topological polar surface area (TPSA) is 106 Å². The Kier molecular flexibility index (Phi) is 5.38. The van der Waals surface area contributed by atoms with Gasteiger partial charge in [0.2, 0.25) is 11.8 Å². The van der Waals surface area contributed by atoms with Crippen molar-refractivity contribution < 1.29 is 9.53 Å². The third kappa shape index (κ3) is 4.89. The van der Waals surface area contributed by atoms with Gasteiger partial charge in [0, 0.05) is 43.7 Å². The zero-order valence-corrected chi connectivity index (χ0v) is 13.6. The molecule has 2 aromatic heterocycles. The van der Waals surface area contributed by atoms with E-state index in [1.54, 1.807) is 18.5 Å². The summed E-state index contributed by atoms with van der Waals surface area (Å²) in [5.74, 6) is 0.583. The van der Waals surface area contributed by atoms with Gasteiger partial charge in [-0.1, -0.05) is 12.1 Å². The molecule has 0 saturated carbocycles. The summed E-state index contributed by atoms with van der Waals surface area (Å²) >= 11 is 0. The molecule has 0 bridgehead atoms. The number of ether oxygens (including phenoxy) is 1. The van der Waals surface area contributed by atoms with E-state index < -0.39 is 5.91 Å². The van der Waals surface area contributed by atoms with Crippen LogP contribution in [-0.4, -0.2) is 27.4 Å². The first-order valence-corrected chi connectivity index (χ1v) is 7.91. The molecule has 0 aliphatic heterocycles. The molecule has 0 unspecified atom stereocenters. The van der Waals surface area contributed by atoms with Gasteiger partial charge in [0.1, 0.15) is 5.75 Å². The van der Waals surface area contributed by atoms with E-state index in [1.165, 1.54) is 6.20 Å². The monoisotopic (exact) mass is 337 g/mol. The second-order valence-electron chi connectivity index (χ2n) is 5.50. The Balaban J connectivity index is 1.47. The maximum absolute atomic E-state index is 11.0. The van der Waals surface area contributed by atoms with E-state index in [0.29, 0.717) is 17.2 Å². The van der Waals surface area contributed by atoms with Crippen LogP contribution in [0.2, 0.25) is 0 Å². The van der Waals surface area contributed by atoms with Crippen molar-refractivity contribution in [3.8, 4) is 11.6 Å². The highest BCUT2D eigenvalue weighted by Gasteiger charge is 2.03. The number of nitrogens with two attached hydrogens (primary N) is 1. The second-order valence-corrected chi connectivity index (χ2v) is 5.50. The maximum atomic E-state index is 11.0. The van der Waals surface area contributed by atoms with Crippen molar-refractivity contribution in [1.29, 1.82) is 0 Å². The number of nitrogens with one attached hydrogen (secondary N) is 2. The standard InChI is InChI=1S/C18H19N5O2/c19-18(24)14-3-6-17(22-10-14)25-16-4-1-13(2-5-16)9-20-8-7-15-11-21-12-23-15/h1-6,10-12,20H,7-9H2,(H2,19,24)(H,21,23). The van der Waals surface area contributed by atoms with E-state index >= 15 is 0 Å². The SMILES string of the molecule is NC(=O)c1ccc(Oc2ccc(CNCCc3cnc[nH]3)cc2)nc1. The van der Waals surface area contributed by atoms with Crippen LogP contribution in [0.15, 0.2) is 55.1 Å². The number of hydrogen-bond acceptors (Lipinski definition) is 5. The van der Waals surface area contributed by atoms with Crippen molar-refractivity contribution in [3.05, 3.63) is 71.9 Å². The van der Waals surface area contributed by atoms with Crippen LogP contribution in [0.3, 0.4) is 0 Å². The number of amides is 1. The highest BCUT2D eigenvalue weighted by atomic mass is 16.5. The minimum atomic E-state index is -0.511. The average molecular weight is 337 g/mol. The van der Waals surface area contributed by atoms with Crippen LogP contribution in [0, 0.1) is 0 Å². The number of pyridine rings is 1. The molecule has 3 aromatic rings. The first-order valence-electron chi connectivity index (χ1n) is 7.91. The summed E-state index contributed by atoms with van der Waals surface area (Å²) < 4.78 is 5.65. The molecule has 0 saturated heterocycles. The number of imidazole rings is 1. The predicted molar refractivity (Wildman–Crippen MR) is 93.3 cm³/mol. The quantitative estimate of drug-likeness (QED) is 0.545. The number of rotatable bonds is 8. The number of H-pyrrole nitrogens is 1. The minimum absolute atomic E-state index is 0.351. The molecule has 0 spiro atoms. The van der Waals surface area contributed by atoms with Gasteiger partial charge in [-0.3, -0.25) is 4.79 Å². The summed E-state index contributed by atoms with van der Waals surface area (Å²) in [7, 11) is 0. The van der Waals surface area contributed by atoms with Crippen molar-refractivity contribution in [3.63, 3.8) is 0 Å². The molecule has 128 valence electrons. The Morgan fingerprint density at radius 1 is 1.16 bits per heavy atom. The number of benzene rings is 1. The third-order valence-corrected chi connectivity index (χ3v) is 3.62. The molecule has 0 atom stereocenters. The summed E-state index contributed by atoms with van der Waals surface area (Å²) in [5.41, 5.74) is 7.81. The van der Waals surface area contributed by atoms with Gasteiger partial charge < -0.3 is 20.8 Å². The Bertz CT molecular complexity index is 798. The number of nitrogens with zero attached hydrogens (tertiary/aromatic N) is 2. The van der Waals surface area contributed by atoms with Crippen LogP contribution in [0.1, 0.15) is 21.6 Å². The van der Waals surface area contributed by atoms with E-state index in [4.69, 9.17) is 10.5 Å². The molecular weight excluding hydrogens is 318 g/mol. The summed E-state index contributed by atoms with van der Waals surface area (Å²) in [6.45, 7) is 1.65. The van der Waals surface area contributed by atoms with Gasteiger partial charge in [-0.25, -0.2) is 9.97 Å². The first kappa shape index (κ1) is 16.7. The van der Waals surface area contributed by atoms with Crippen molar-refractivity contribution in [1.82, 2.24) is 20.3 Å². The number of carbonyl (C=O) groups excluding carboxylic acids is 1. The molecule has 2 heterocycles. The van der Waals surface area contributed by atoms with Crippen LogP contribution >= 0.6 is 0 Å². The molecule has 3 rings (SSSR count). The molecule has 4 N–H and O–H groups in total. The first-order chi connectivity index (χ1) is 12.2. The normalized spacial score (nSPS) is 10.6. The predicted octanol–water partition coefficient (Wildman–Crippen LogP) is 2.03. The molecule has 1 aromatic carbocycles. The fraction of sp³-hybridized carbons (Fsp3) is 0.167. The number of aromatic amines is 1. The molecule has 0 aliphatic rings. The van der Waals surface area contributed by atoms with Crippen LogP contribution in [-0.2, 0) is 13.0 Å². The van der Waals surface area contributed by atoms with Crippen LogP contribution in [0.5, 0.6) is 11.6 Å². The Labute approximate surface area is 145 Å². The fourth-order valence-corrected chi connectivity index (χ4v) is 2.26. The van der Waals surface area contributed by atoms with Gasteiger partial charge in [-0.15, -0.1) is 0 Å². The van der Waals surface area contributed by atoms with Gasteiger partial charge in [0.15, 0.2) is 0 Å². The maximum Gasteiger partial charge on any atom is 0.250 e. The molecule has 0 aliphatic carbocycles. The van der Waals surface area contributed by atoms with Crippen molar-refractivity contribution in [2.24, 2.45) is 5.73 Å². The number of aromatic nitrogens is 3. The van der Waals surface area contributed by atoms with E-state index in [-0.39, 0.29) is 0 Å². The van der Waals surface area contributed by atoms with Crippen molar-refractivity contribution >= 4 is 5.91 Å². The highest BCUT2D eigenvalue weighted by molar-refractivity contribution is 5.92. The van der Waals surface area contributed by atoms with E-state index in [1.807, 2.05) is 30.5 Å². The zero-order valence-electron chi connectivity index (χ0n) is 13.6. The van der Waals surface area contributed by atoms with Crippen LogP contribution in [0.4, 0.5) is 0 Å². The van der Waals surface area contributed by atoms with Gasteiger partial charge in [0.25, 0.3) is 0 Å². The van der Waals surface area contributed by atoms with Gasteiger partial charge in [-0.2, -0.15) is 0 Å². The average Bonchev–Trinajstić information content (AvgIpc) is 3.14. The minimum Gasteiger partial charge on any atom is -0.439 e. The number of carbonyl (C=O) groups is 1. The van der Waals surface area contributed by atoms with Crippen molar-refractivity contribution in [2.45, 2.75) is 13.0 Å². The molecule has 0 fully saturated rings. The molecule has 0 radical (unpaired) electrons. The molecule has 25 heavy (non-hydrogen) atoms. The lowest BCUT2D eigenvalue weighted by atomic mass is 10.2. The summed E-state index contributed by atoms with van der Waals surface area (Å²) in [6.07, 6.45) is 5.83. The van der Waals surface area contributed by atoms with Gasteiger partial charge in [0.05, 0.1) is 11.9 Å². The molecule has 1 amide bonds. The van der Waals surface area contributed by atoms with Crippen molar-refractivity contribution in [2.75, 3.05) is 6.54 Å². The number of primary amides is 1. The second kappa shape index (κ2) is 8.07. The Morgan fingerprint density at radius 2 is 2.00 bits per heavy atom. The van der Waals surface area contributed by atoms with Crippen LogP contribution in [0.25, 0.3) is 0 Å². The molecule has 7 nitrogen and oxygen atoms in total. The number of hydrogen-bond donors (Lipinski definition) is 3. The lowest BCUT2D eigenvalue weighted by Gasteiger charge is -2.07. The van der Waals surface area contributed by atoms with E-state index in [2.05, 4.69) is 20.3 Å². The van der Waals surface area contributed by atoms with E-state index in [9.17, 15) is 4.79 Å². The lowest BCUT2D eigenvalue weighted by molar-refractivity contribution is 0.1000. The summed E-state index contributed by atoms with van der Waals surface area (Å²) in [6, 6.07) is 11.0. The van der Waals surface area contributed by atoms with E-state index in [0.717, 1.165) is 30.8 Å².